The SMILES string of the molecule is COCCCn1c(C)cc(C(=O)CSc2nc3nc(C)c(C)c(C)n3n2)c1C. The summed E-state index contributed by atoms with van der Waals surface area (Å²) in [5.74, 6) is 0.967. The second kappa shape index (κ2) is 8.45. The molecule has 3 aromatic rings. The first-order chi connectivity index (χ1) is 13.3. The summed E-state index contributed by atoms with van der Waals surface area (Å²) >= 11 is 1.35. The number of methoxy groups -OCH3 is 1. The third-order valence-electron chi connectivity index (χ3n) is 5.18. The van der Waals surface area contributed by atoms with Crippen LogP contribution in [0, 0.1) is 34.6 Å². The summed E-state index contributed by atoms with van der Waals surface area (Å²) in [5.41, 5.74) is 5.95. The van der Waals surface area contributed by atoms with Gasteiger partial charge in [0.05, 0.1) is 5.75 Å². The minimum absolute atomic E-state index is 0.0898. The third-order valence-corrected chi connectivity index (χ3v) is 6.02. The van der Waals surface area contributed by atoms with E-state index >= 15 is 0 Å². The van der Waals surface area contributed by atoms with Crippen molar-refractivity contribution in [2.75, 3.05) is 19.5 Å². The predicted molar refractivity (Wildman–Crippen MR) is 110 cm³/mol. The number of aryl methyl sites for hydroxylation is 3. The maximum atomic E-state index is 12.8. The van der Waals surface area contributed by atoms with Crippen LogP contribution in [0.5, 0.6) is 0 Å². The van der Waals surface area contributed by atoms with Gasteiger partial charge in [-0.3, -0.25) is 4.79 Å². The summed E-state index contributed by atoms with van der Waals surface area (Å²) in [5, 5.41) is 5.08. The van der Waals surface area contributed by atoms with E-state index in [0.29, 0.717) is 23.3 Å². The van der Waals surface area contributed by atoms with Crippen LogP contribution >= 0.6 is 11.8 Å². The molecular weight excluding hydrogens is 374 g/mol. The molecule has 0 atom stereocenters. The number of carbonyl (C=O) groups is 1. The zero-order valence-electron chi connectivity index (χ0n) is 17.4. The number of Topliss-reactive ketones (excluding diaryl/α,β-unsaturated/α-hetero) is 1. The van der Waals surface area contributed by atoms with Crippen LogP contribution in [0.15, 0.2) is 11.2 Å². The zero-order chi connectivity index (χ0) is 20.4. The van der Waals surface area contributed by atoms with Crippen LogP contribution < -0.4 is 0 Å². The smallest absolute Gasteiger partial charge is 0.253 e. The first-order valence-electron chi connectivity index (χ1n) is 9.35. The van der Waals surface area contributed by atoms with E-state index in [9.17, 15) is 4.79 Å². The molecule has 0 aliphatic heterocycles. The fraction of sp³-hybridized carbons (Fsp3) is 0.500. The number of thioether (sulfide) groups is 1. The predicted octanol–water partition coefficient (Wildman–Crippen LogP) is 3.48. The first-order valence-corrected chi connectivity index (χ1v) is 10.3. The molecule has 150 valence electrons. The van der Waals surface area contributed by atoms with Gasteiger partial charge in [0.15, 0.2) is 5.78 Å². The number of carbonyl (C=O) groups excluding carboxylic acids is 1. The van der Waals surface area contributed by atoms with Crippen molar-refractivity contribution in [2.45, 2.75) is 52.7 Å². The topological polar surface area (TPSA) is 74.3 Å². The molecule has 0 bridgehead atoms. The van der Waals surface area contributed by atoms with E-state index < -0.39 is 0 Å². The maximum absolute atomic E-state index is 12.8. The standard InChI is InChI=1S/C20H27N5O2S/c1-12-10-17(16(5)24(12)8-7-9-27-6)18(26)11-28-20-22-19-21-14(3)13(2)15(4)25(19)23-20/h10H,7-9,11H2,1-6H3. The van der Waals surface area contributed by atoms with Crippen molar-refractivity contribution in [3.63, 3.8) is 0 Å². The molecule has 0 aliphatic carbocycles. The molecule has 3 aromatic heterocycles. The molecule has 0 unspecified atom stereocenters. The lowest BCUT2D eigenvalue weighted by Gasteiger charge is -2.09. The van der Waals surface area contributed by atoms with Crippen molar-refractivity contribution < 1.29 is 9.53 Å². The lowest BCUT2D eigenvalue weighted by Crippen LogP contribution is -2.08. The largest absolute Gasteiger partial charge is 0.385 e. The molecule has 0 saturated carbocycles. The molecule has 0 aromatic carbocycles. The Morgan fingerprint density at radius 1 is 1.14 bits per heavy atom. The number of fused-ring (bicyclic) bond motifs is 1. The molecule has 0 spiro atoms. The van der Waals surface area contributed by atoms with Gasteiger partial charge in [0, 0.05) is 48.6 Å². The van der Waals surface area contributed by atoms with Crippen molar-refractivity contribution in [3.8, 4) is 0 Å². The van der Waals surface area contributed by atoms with Crippen LogP contribution in [0.1, 0.15) is 45.1 Å². The zero-order valence-corrected chi connectivity index (χ0v) is 18.2. The van der Waals surface area contributed by atoms with Crippen molar-refractivity contribution >= 4 is 23.3 Å². The Bertz CT molecular complexity index is 1020. The minimum atomic E-state index is 0.0898. The Morgan fingerprint density at radius 2 is 1.89 bits per heavy atom. The van der Waals surface area contributed by atoms with Crippen molar-refractivity contribution in [2.24, 2.45) is 0 Å². The van der Waals surface area contributed by atoms with Gasteiger partial charge in [0.25, 0.3) is 5.78 Å². The number of rotatable bonds is 8. The van der Waals surface area contributed by atoms with E-state index in [4.69, 9.17) is 4.74 Å². The third kappa shape index (κ3) is 3.98. The van der Waals surface area contributed by atoms with Gasteiger partial charge in [-0.25, -0.2) is 9.50 Å². The van der Waals surface area contributed by atoms with Crippen LogP contribution in [0.3, 0.4) is 0 Å². The molecule has 28 heavy (non-hydrogen) atoms. The summed E-state index contributed by atoms with van der Waals surface area (Å²) in [6.45, 7) is 11.6. The molecule has 3 heterocycles. The summed E-state index contributed by atoms with van der Waals surface area (Å²) < 4.78 is 9.05. The average Bonchev–Trinajstić information content (AvgIpc) is 3.20. The lowest BCUT2D eigenvalue weighted by atomic mass is 10.2. The molecule has 0 radical (unpaired) electrons. The van der Waals surface area contributed by atoms with Crippen molar-refractivity contribution in [1.29, 1.82) is 0 Å². The van der Waals surface area contributed by atoms with Gasteiger partial charge in [-0.05, 0) is 52.7 Å². The summed E-state index contributed by atoms with van der Waals surface area (Å²) in [7, 11) is 1.70. The molecule has 0 saturated heterocycles. The van der Waals surface area contributed by atoms with E-state index in [1.54, 1.807) is 11.6 Å². The molecule has 0 amide bonds. The molecule has 0 fully saturated rings. The second-order valence-corrected chi connectivity index (χ2v) is 7.95. The van der Waals surface area contributed by atoms with Gasteiger partial charge < -0.3 is 9.30 Å². The highest BCUT2D eigenvalue weighted by atomic mass is 32.2. The summed E-state index contributed by atoms with van der Waals surface area (Å²) in [6.07, 6.45) is 0.922. The summed E-state index contributed by atoms with van der Waals surface area (Å²) in [6, 6.07) is 1.97. The Morgan fingerprint density at radius 3 is 2.61 bits per heavy atom. The minimum Gasteiger partial charge on any atom is -0.385 e. The fourth-order valence-corrected chi connectivity index (χ4v) is 4.00. The maximum Gasteiger partial charge on any atom is 0.253 e. The Labute approximate surface area is 169 Å². The number of ketones is 1. The fourth-order valence-electron chi connectivity index (χ4n) is 3.30. The number of hydrogen-bond acceptors (Lipinski definition) is 6. The number of nitrogens with zero attached hydrogens (tertiary/aromatic N) is 5. The van der Waals surface area contributed by atoms with E-state index in [1.165, 1.54) is 11.8 Å². The molecular formula is C20H27N5O2S. The average molecular weight is 402 g/mol. The summed E-state index contributed by atoms with van der Waals surface area (Å²) in [4.78, 5) is 21.7. The monoisotopic (exact) mass is 401 g/mol. The number of ether oxygens (including phenoxy) is 1. The van der Waals surface area contributed by atoms with Crippen LogP contribution in [0.25, 0.3) is 5.78 Å². The van der Waals surface area contributed by atoms with Crippen LogP contribution in [-0.2, 0) is 11.3 Å². The van der Waals surface area contributed by atoms with Gasteiger partial charge in [0.2, 0.25) is 5.16 Å². The van der Waals surface area contributed by atoms with Gasteiger partial charge in [-0.15, -0.1) is 5.10 Å². The van der Waals surface area contributed by atoms with Gasteiger partial charge in [0.1, 0.15) is 0 Å². The van der Waals surface area contributed by atoms with E-state index in [1.807, 2.05) is 40.7 Å². The lowest BCUT2D eigenvalue weighted by molar-refractivity contribution is 0.102. The second-order valence-electron chi connectivity index (χ2n) is 7.01. The van der Waals surface area contributed by atoms with Gasteiger partial charge in [-0.1, -0.05) is 11.8 Å². The number of hydrogen-bond donors (Lipinski definition) is 0. The molecule has 3 rings (SSSR count). The first kappa shape index (κ1) is 20.5. The van der Waals surface area contributed by atoms with Crippen LogP contribution in [0.4, 0.5) is 0 Å². The Kier molecular flexibility index (Phi) is 6.20. The van der Waals surface area contributed by atoms with Gasteiger partial charge in [-0.2, -0.15) is 4.98 Å². The van der Waals surface area contributed by atoms with E-state index in [0.717, 1.165) is 46.9 Å². The van der Waals surface area contributed by atoms with Crippen LogP contribution in [0.2, 0.25) is 0 Å². The Balaban J connectivity index is 1.73. The molecule has 8 heteroatoms. The molecule has 7 nitrogen and oxygen atoms in total. The highest BCUT2D eigenvalue weighted by molar-refractivity contribution is 7.99. The number of aromatic nitrogens is 5. The molecule has 0 aliphatic rings. The van der Waals surface area contributed by atoms with E-state index in [-0.39, 0.29) is 5.78 Å². The molecule has 0 N–H and O–H groups in total. The normalized spacial score (nSPS) is 11.5. The van der Waals surface area contributed by atoms with E-state index in [2.05, 4.69) is 19.6 Å². The van der Waals surface area contributed by atoms with Crippen molar-refractivity contribution in [1.82, 2.24) is 24.1 Å². The highest BCUT2D eigenvalue weighted by Crippen LogP contribution is 2.22. The van der Waals surface area contributed by atoms with Crippen molar-refractivity contribution in [3.05, 3.63) is 40.0 Å². The quantitative estimate of drug-likeness (QED) is 0.327. The highest BCUT2D eigenvalue weighted by Gasteiger charge is 2.18. The Hall–Kier alpha value is -2.19. The van der Waals surface area contributed by atoms with Crippen LogP contribution in [-0.4, -0.2) is 49.4 Å². The van der Waals surface area contributed by atoms with Gasteiger partial charge >= 0.3 is 0 Å².